The number of nitrogens with one attached hydrogen (secondary N) is 1. The highest BCUT2D eigenvalue weighted by molar-refractivity contribution is 5.99. The first kappa shape index (κ1) is 23.7. The Labute approximate surface area is 204 Å². The van der Waals surface area contributed by atoms with Crippen LogP contribution in [0.25, 0.3) is 22.0 Å². The fraction of sp³-hybridized carbons (Fsp3) is 0.222. The number of alkyl halides is 3. The molecule has 36 heavy (non-hydrogen) atoms. The van der Waals surface area contributed by atoms with E-state index in [1.54, 1.807) is 23.2 Å². The van der Waals surface area contributed by atoms with Crippen molar-refractivity contribution < 1.29 is 22.4 Å². The summed E-state index contributed by atoms with van der Waals surface area (Å²) in [5.41, 5.74) is 0.927. The van der Waals surface area contributed by atoms with E-state index in [1.807, 2.05) is 18.2 Å². The highest BCUT2D eigenvalue weighted by Crippen LogP contribution is 2.35. The van der Waals surface area contributed by atoms with Gasteiger partial charge >= 0.3 is 6.18 Å². The van der Waals surface area contributed by atoms with Crippen LogP contribution in [-0.2, 0) is 6.18 Å². The standard InChI is InChI=1S/C27H22F4N4O/c28-19-8-6-18(7-9-19)26(36)35-14-12-20(13-15-35)33-25-21-10-11-23(27(29,30)31)34-24(21)22(16-32-25)17-4-2-1-3-5-17/h1-11,16,20H,12-15H2,(H,32,33). The summed E-state index contributed by atoms with van der Waals surface area (Å²) in [4.78, 5) is 22.9. The Bertz CT molecular complexity index is 1380. The van der Waals surface area contributed by atoms with Gasteiger partial charge in [0.05, 0.1) is 5.52 Å². The third-order valence-electron chi connectivity index (χ3n) is 6.32. The molecule has 184 valence electrons. The summed E-state index contributed by atoms with van der Waals surface area (Å²) < 4.78 is 53.4. The van der Waals surface area contributed by atoms with Crippen molar-refractivity contribution in [3.05, 3.63) is 90.0 Å². The molecule has 0 bridgehead atoms. The van der Waals surface area contributed by atoms with Gasteiger partial charge in [0.25, 0.3) is 5.91 Å². The summed E-state index contributed by atoms with van der Waals surface area (Å²) in [7, 11) is 0. The van der Waals surface area contributed by atoms with Crippen LogP contribution in [0.3, 0.4) is 0 Å². The zero-order valence-corrected chi connectivity index (χ0v) is 19.1. The maximum atomic E-state index is 13.4. The Morgan fingerprint density at radius 3 is 2.31 bits per heavy atom. The van der Waals surface area contributed by atoms with Crippen molar-refractivity contribution in [2.75, 3.05) is 18.4 Å². The van der Waals surface area contributed by atoms with E-state index >= 15 is 0 Å². The molecule has 1 saturated heterocycles. The van der Waals surface area contributed by atoms with Crippen LogP contribution >= 0.6 is 0 Å². The Morgan fingerprint density at radius 1 is 0.944 bits per heavy atom. The average molecular weight is 494 g/mol. The number of benzene rings is 2. The van der Waals surface area contributed by atoms with Gasteiger partial charge in [-0.15, -0.1) is 0 Å². The van der Waals surface area contributed by atoms with Crippen LogP contribution in [0.1, 0.15) is 28.9 Å². The van der Waals surface area contributed by atoms with Crippen molar-refractivity contribution in [1.29, 1.82) is 0 Å². The van der Waals surface area contributed by atoms with Gasteiger partial charge in [0.1, 0.15) is 17.3 Å². The molecule has 5 rings (SSSR count). The van der Waals surface area contributed by atoms with E-state index in [0.717, 1.165) is 11.6 Å². The average Bonchev–Trinajstić information content (AvgIpc) is 2.89. The van der Waals surface area contributed by atoms with E-state index in [-0.39, 0.29) is 17.5 Å². The lowest BCUT2D eigenvalue weighted by atomic mass is 10.0. The van der Waals surface area contributed by atoms with Crippen LogP contribution in [0, 0.1) is 5.82 Å². The highest BCUT2D eigenvalue weighted by atomic mass is 19.4. The number of aromatic nitrogens is 2. The topological polar surface area (TPSA) is 58.1 Å². The van der Waals surface area contributed by atoms with E-state index in [1.165, 1.54) is 30.3 Å². The predicted octanol–water partition coefficient (Wildman–Crippen LogP) is 6.17. The molecular formula is C27H22F4N4O. The fourth-order valence-electron chi connectivity index (χ4n) is 4.41. The molecule has 5 nitrogen and oxygen atoms in total. The number of piperidine rings is 1. The minimum atomic E-state index is -4.57. The lowest BCUT2D eigenvalue weighted by Crippen LogP contribution is -2.42. The third-order valence-corrected chi connectivity index (χ3v) is 6.32. The number of hydrogen-bond acceptors (Lipinski definition) is 4. The molecule has 0 atom stereocenters. The molecule has 0 spiro atoms. The van der Waals surface area contributed by atoms with E-state index in [0.29, 0.717) is 48.3 Å². The molecule has 1 amide bonds. The molecule has 1 N–H and O–H groups in total. The Morgan fingerprint density at radius 2 is 1.64 bits per heavy atom. The number of pyridine rings is 2. The number of hydrogen-bond donors (Lipinski definition) is 1. The van der Waals surface area contributed by atoms with E-state index in [2.05, 4.69) is 15.3 Å². The maximum absolute atomic E-state index is 13.4. The summed E-state index contributed by atoms with van der Waals surface area (Å²) in [5, 5.41) is 3.84. The van der Waals surface area contributed by atoms with Gasteiger partial charge in [-0.3, -0.25) is 4.79 Å². The second-order valence-corrected chi connectivity index (χ2v) is 8.69. The quantitative estimate of drug-likeness (QED) is 0.345. The van der Waals surface area contributed by atoms with Crippen LogP contribution in [0.2, 0.25) is 0 Å². The molecule has 1 fully saturated rings. The summed E-state index contributed by atoms with van der Waals surface area (Å²) in [6, 6.07) is 16.9. The van der Waals surface area contributed by atoms with Gasteiger partial charge in [0, 0.05) is 41.8 Å². The summed E-state index contributed by atoms with van der Waals surface area (Å²) >= 11 is 0. The minimum absolute atomic E-state index is 0.0252. The second-order valence-electron chi connectivity index (χ2n) is 8.69. The molecule has 1 aliphatic rings. The van der Waals surface area contributed by atoms with Gasteiger partial charge in [-0.05, 0) is 54.8 Å². The number of nitrogens with zero attached hydrogens (tertiary/aromatic N) is 3. The summed E-state index contributed by atoms with van der Waals surface area (Å²) in [5.74, 6) is -0.105. The van der Waals surface area contributed by atoms with Crippen LogP contribution in [-0.4, -0.2) is 39.9 Å². The lowest BCUT2D eigenvalue weighted by Gasteiger charge is -2.33. The van der Waals surface area contributed by atoms with Crippen molar-refractivity contribution >= 4 is 22.6 Å². The molecule has 0 radical (unpaired) electrons. The largest absolute Gasteiger partial charge is 0.433 e. The monoisotopic (exact) mass is 494 g/mol. The maximum Gasteiger partial charge on any atom is 0.433 e. The Balaban J connectivity index is 1.38. The van der Waals surface area contributed by atoms with Crippen molar-refractivity contribution in [1.82, 2.24) is 14.9 Å². The number of amides is 1. The van der Waals surface area contributed by atoms with Gasteiger partial charge in [-0.25, -0.2) is 14.4 Å². The number of anilines is 1. The minimum Gasteiger partial charge on any atom is -0.367 e. The van der Waals surface area contributed by atoms with Crippen LogP contribution < -0.4 is 5.32 Å². The molecule has 0 aliphatic carbocycles. The van der Waals surface area contributed by atoms with Crippen molar-refractivity contribution in [3.63, 3.8) is 0 Å². The number of likely N-dealkylation sites (tertiary alicyclic amines) is 1. The molecule has 2 aromatic heterocycles. The zero-order chi connectivity index (χ0) is 25.3. The Hall–Kier alpha value is -4.01. The third kappa shape index (κ3) is 4.86. The first-order valence-electron chi connectivity index (χ1n) is 11.5. The number of carbonyl (C=O) groups is 1. The normalized spacial score (nSPS) is 14.7. The van der Waals surface area contributed by atoms with Crippen molar-refractivity contribution in [2.24, 2.45) is 0 Å². The highest BCUT2D eigenvalue weighted by Gasteiger charge is 2.33. The predicted molar refractivity (Wildman–Crippen MR) is 129 cm³/mol. The fourth-order valence-corrected chi connectivity index (χ4v) is 4.41. The first-order valence-corrected chi connectivity index (χ1v) is 11.5. The second kappa shape index (κ2) is 9.56. The van der Waals surface area contributed by atoms with Crippen molar-refractivity contribution in [3.8, 4) is 11.1 Å². The van der Waals surface area contributed by atoms with Gasteiger partial charge in [-0.2, -0.15) is 13.2 Å². The molecule has 0 unspecified atom stereocenters. The van der Waals surface area contributed by atoms with Crippen LogP contribution in [0.15, 0.2) is 72.9 Å². The zero-order valence-electron chi connectivity index (χ0n) is 19.1. The first-order chi connectivity index (χ1) is 17.3. The van der Waals surface area contributed by atoms with Gasteiger partial charge < -0.3 is 10.2 Å². The number of carbonyl (C=O) groups excluding carboxylic acids is 1. The summed E-state index contributed by atoms with van der Waals surface area (Å²) in [6.07, 6.45) is -1.77. The number of rotatable bonds is 4. The molecular weight excluding hydrogens is 472 g/mol. The SMILES string of the molecule is O=C(c1ccc(F)cc1)N1CCC(Nc2ncc(-c3ccccc3)c3nc(C(F)(F)F)ccc23)CC1. The summed E-state index contributed by atoms with van der Waals surface area (Å²) in [6.45, 7) is 0.981. The molecule has 2 aromatic carbocycles. The smallest absolute Gasteiger partial charge is 0.367 e. The van der Waals surface area contributed by atoms with E-state index in [4.69, 9.17) is 0 Å². The van der Waals surface area contributed by atoms with Gasteiger partial charge in [0.2, 0.25) is 0 Å². The van der Waals surface area contributed by atoms with E-state index < -0.39 is 17.7 Å². The van der Waals surface area contributed by atoms with Gasteiger partial charge in [0.15, 0.2) is 0 Å². The number of fused-ring (bicyclic) bond motifs is 1. The van der Waals surface area contributed by atoms with Crippen LogP contribution in [0.4, 0.5) is 23.4 Å². The molecule has 4 aromatic rings. The van der Waals surface area contributed by atoms with Crippen molar-refractivity contribution in [2.45, 2.75) is 25.1 Å². The molecule has 1 aliphatic heterocycles. The van der Waals surface area contributed by atoms with Crippen LogP contribution in [0.5, 0.6) is 0 Å². The molecule has 9 heteroatoms. The lowest BCUT2D eigenvalue weighted by molar-refractivity contribution is -0.140. The molecule has 3 heterocycles. The molecule has 0 saturated carbocycles. The number of halogens is 4. The van der Waals surface area contributed by atoms with Gasteiger partial charge in [-0.1, -0.05) is 30.3 Å². The Kier molecular flexibility index (Phi) is 6.30. The van der Waals surface area contributed by atoms with E-state index in [9.17, 15) is 22.4 Å².